The minimum absolute atomic E-state index is 0.131. The van der Waals surface area contributed by atoms with E-state index in [-0.39, 0.29) is 17.4 Å². The zero-order valence-electron chi connectivity index (χ0n) is 12.1. The summed E-state index contributed by atoms with van der Waals surface area (Å²) in [6.45, 7) is 2.18. The van der Waals surface area contributed by atoms with Crippen LogP contribution in [0.1, 0.15) is 43.9 Å². The van der Waals surface area contributed by atoms with Gasteiger partial charge in [-0.25, -0.2) is 4.98 Å². The number of alkyl halides is 3. The Morgan fingerprint density at radius 1 is 1.24 bits per heavy atom. The van der Waals surface area contributed by atoms with E-state index >= 15 is 0 Å². The molecule has 0 radical (unpaired) electrons. The Morgan fingerprint density at radius 3 is 2.38 bits per heavy atom. The molecule has 0 N–H and O–H groups in total. The maximum atomic E-state index is 12.8. The Morgan fingerprint density at radius 2 is 1.86 bits per heavy atom. The van der Waals surface area contributed by atoms with Crippen LogP contribution in [0.2, 0.25) is 0 Å². The maximum Gasteiger partial charge on any atom is 0.433 e. The van der Waals surface area contributed by atoms with Crippen molar-refractivity contribution in [1.82, 2.24) is 4.98 Å². The summed E-state index contributed by atoms with van der Waals surface area (Å²) in [7, 11) is 1.73. The van der Waals surface area contributed by atoms with E-state index < -0.39 is 11.9 Å². The Balaban J connectivity index is 2.30. The fourth-order valence-electron chi connectivity index (χ4n) is 2.77. The van der Waals surface area contributed by atoms with Gasteiger partial charge in [0.15, 0.2) is 0 Å². The van der Waals surface area contributed by atoms with Crippen molar-refractivity contribution < 1.29 is 13.2 Å². The monoisotopic (exact) mass is 297 g/mol. The third-order valence-corrected chi connectivity index (χ3v) is 4.15. The molecule has 1 aliphatic carbocycles. The van der Waals surface area contributed by atoms with Gasteiger partial charge in [0.05, 0.1) is 5.56 Å². The number of rotatable bonds is 2. The second kappa shape index (κ2) is 5.92. The lowest BCUT2D eigenvalue weighted by Crippen LogP contribution is -2.36. The van der Waals surface area contributed by atoms with E-state index in [1.54, 1.807) is 11.9 Å². The van der Waals surface area contributed by atoms with Gasteiger partial charge in [-0.1, -0.05) is 6.92 Å². The molecule has 0 saturated heterocycles. The first-order valence-electron chi connectivity index (χ1n) is 7.04. The first-order valence-corrected chi connectivity index (χ1v) is 7.04. The summed E-state index contributed by atoms with van der Waals surface area (Å²) < 4.78 is 38.4. The molecule has 0 amide bonds. The Labute approximate surface area is 122 Å². The largest absolute Gasteiger partial charge is 0.433 e. The van der Waals surface area contributed by atoms with Crippen LogP contribution in [0.5, 0.6) is 0 Å². The van der Waals surface area contributed by atoms with Gasteiger partial charge in [-0.2, -0.15) is 18.4 Å². The molecule has 0 bridgehead atoms. The van der Waals surface area contributed by atoms with E-state index in [9.17, 15) is 13.2 Å². The van der Waals surface area contributed by atoms with E-state index in [2.05, 4.69) is 11.9 Å². The number of hydrogen-bond acceptors (Lipinski definition) is 3. The second-order valence-corrected chi connectivity index (χ2v) is 5.70. The second-order valence-electron chi connectivity index (χ2n) is 5.70. The van der Waals surface area contributed by atoms with Gasteiger partial charge < -0.3 is 4.90 Å². The molecule has 21 heavy (non-hydrogen) atoms. The molecule has 6 heteroatoms. The predicted octanol–water partition coefficient (Wildman–Crippen LogP) is 3.99. The Hall–Kier alpha value is -1.77. The molecule has 2 rings (SSSR count). The first-order chi connectivity index (χ1) is 9.82. The van der Waals surface area contributed by atoms with Crippen LogP contribution < -0.4 is 4.90 Å². The molecule has 0 atom stereocenters. The normalized spacial score (nSPS) is 22.7. The van der Waals surface area contributed by atoms with Gasteiger partial charge in [0.2, 0.25) is 0 Å². The van der Waals surface area contributed by atoms with Crippen molar-refractivity contribution in [3.05, 3.63) is 23.4 Å². The van der Waals surface area contributed by atoms with Gasteiger partial charge in [0.25, 0.3) is 0 Å². The lowest BCUT2D eigenvalue weighted by Gasteiger charge is -2.34. The zero-order chi connectivity index (χ0) is 15.6. The highest BCUT2D eigenvalue weighted by molar-refractivity contribution is 5.54. The molecule has 1 fully saturated rings. The number of halogens is 3. The number of hydrogen-bond donors (Lipinski definition) is 0. The molecule has 114 valence electrons. The lowest BCUT2D eigenvalue weighted by atomic mass is 9.86. The third kappa shape index (κ3) is 3.46. The van der Waals surface area contributed by atoms with Crippen LogP contribution in [0, 0.1) is 17.2 Å². The SMILES string of the molecule is CC1CCC(N(C)c2nc(C(F)(F)F)ccc2C#N)CC1. The van der Waals surface area contributed by atoms with E-state index in [1.807, 2.05) is 6.07 Å². The van der Waals surface area contributed by atoms with E-state index in [0.717, 1.165) is 31.7 Å². The minimum atomic E-state index is -4.50. The van der Waals surface area contributed by atoms with Crippen molar-refractivity contribution in [2.24, 2.45) is 5.92 Å². The molecule has 1 aromatic heterocycles. The van der Waals surface area contributed by atoms with Crippen LogP contribution in [-0.4, -0.2) is 18.1 Å². The number of anilines is 1. The number of aromatic nitrogens is 1. The highest BCUT2D eigenvalue weighted by Crippen LogP contribution is 2.33. The predicted molar refractivity (Wildman–Crippen MR) is 73.8 cm³/mol. The van der Waals surface area contributed by atoms with Gasteiger partial charge in [-0.3, -0.25) is 0 Å². The maximum absolute atomic E-state index is 12.8. The molecule has 3 nitrogen and oxygen atoms in total. The Bertz CT molecular complexity index is 540. The van der Waals surface area contributed by atoms with Crippen molar-refractivity contribution in [2.45, 2.75) is 44.8 Å². The molecule has 0 aromatic carbocycles. The topological polar surface area (TPSA) is 39.9 Å². The van der Waals surface area contributed by atoms with Gasteiger partial charge in [-0.15, -0.1) is 0 Å². The molecular formula is C15H18F3N3. The zero-order valence-corrected chi connectivity index (χ0v) is 12.1. The average Bonchev–Trinajstić information content (AvgIpc) is 2.45. The quantitative estimate of drug-likeness (QED) is 0.828. The summed E-state index contributed by atoms with van der Waals surface area (Å²) in [4.78, 5) is 5.42. The summed E-state index contributed by atoms with van der Waals surface area (Å²) in [5.74, 6) is 0.784. The molecule has 0 spiro atoms. The molecule has 1 saturated carbocycles. The summed E-state index contributed by atoms with van der Waals surface area (Å²) in [5.41, 5.74) is -0.767. The molecular weight excluding hydrogens is 279 g/mol. The third-order valence-electron chi connectivity index (χ3n) is 4.15. The fraction of sp³-hybridized carbons (Fsp3) is 0.600. The minimum Gasteiger partial charge on any atom is -0.356 e. The van der Waals surface area contributed by atoms with Crippen molar-refractivity contribution in [3.63, 3.8) is 0 Å². The van der Waals surface area contributed by atoms with Crippen LogP contribution in [0.4, 0.5) is 19.0 Å². The van der Waals surface area contributed by atoms with Crippen LogP contribution in [-0.2, 0) is 6.18 Å². The molecule has 0 aliphatic heterocycles. The number of pyridine rings is 1. The summed E-state index contributed by atoms with van der Waals surface area (Å²) in [5, 5.41) is 9.10. The van der Waals surface area contributed by atoms with Gasteiger partial charge >= 0.3 is 6.18 Å². The van der Waals surface area contributed by atoms with Gasteiger partial charge in [0, 0.05) is 13.1 Å². The fourth-order valence-corrected chi connectivity index (χ4v) is 2.77. The number of nitriles is 1. The van der Waals surface area contributed by atoms with Gasteiger partial charge in [-0.05, 0) is 43.7 Å². The average molecular weight is 297 g/mol. The summed E-state index contributed by atoms with van der Waals surface area (Å²) >= 11 is 0. The highest BCUT2D eigenvalue weighted by atomic mass is 19.4. The highest BCUT2D eigenvalue weighted by Gasteiger charge is 2.34. The lowest BCUT2D eigenvalue weighted by molar-refractivity contribution is -0.141. The standard InChI is InChI=1S/C15H18F3N3/c1-10-3-6-12(7-4-10)21(2)14-11(9-19)5-8-13(20-14)15(16,17)18/h5,8,10,12H,3-4,6-7H2,1-2H3. The van der Waals surface area contributed by atoms with Crippen molar-refractivity contribution in [2.75, 3.05) is 11.9 Å². The van der Waals surface area contributed by atoms with Crippen molar-refractivity contribution in [3.8, 4) is 6.07 Å². The molecule has 0 unspecified atom stereocenters. The van der Waals surface area contributed by atoms with Gasteiger partial charge in [0.1, 0.15) is 17.6 Å². The molecule has 1 heterocycles. The Kier molecular flexibility index (Phi) is 4.40. The van der Waals surface area contributed by atoms with E-state index in [4.69, 9.17) is 5.26 Å². The van der Waals surface area contributed by atoms with Crippen LogP contribution in [0.25, 0.3) is 0 Å². The van der Waals surface area contributed by atoms with Crippen LogP contribution in [0.15, 0.2) is 12.1 Å². The van der Waals surface area contributed by atoms with Crippen LogP contribution >= 0.6 is 0 Å². The van der Waals surface area contributed by atoms with Crippen molar-refractivity contribution in [1.29, 1.82) is 5.26 Å². The first kappa shape index (κ1) is 15.6. The smallest absolute Gasteiger partial charge is 0.356 e. The van der Waals surface area contributed by atoms with Crippen LogP contribution in [0.3, 0.4) is 0 Å². The molecule has 1 aromatic rings. The van der Waals surface area contributed by atoms with E-state index in [1.165, 1.54) is 6.07 Å². The number of nitrogens with zero attached hydrogens (tertiary/aromatic N) is 3. The van der Waals surface area contributed by atoms with Crippen molar-refractivity contribution >= 4 is 5.82 Å². The summed E-state index contributed by atoms with van der Waals surface area (Å²) in [6, 6.07) is 4.14. The van der Waals surface area contributed by atoms with E-state index in [0.29, 0.717) is 5.92 Å². The molecule has 1 aliphatic rings. The summed E-state index contributed by atoms with van der Waals surface area (Å²) in [6.07, 6.45) is -0.558.